The van der Waals surface area contributed by atoms with Crippen LogP contribution in [0.5, 0.6) is 11.5 Å². The fourth-order valence-electron chi connectivity index (χ4n) is 3.59. The van der Waals surface area contributed by atoms with Crippen LogP contribution in [0.1, 0.15) is 34.1 Å². The van der Waals surface area contributed by atoms with Gasteiger partial charge in [0.15, 0.2) is 11.5 Å². The number of benzene rings is 1. The maximum absolute atomic E-state index is 12.6. The normalized spacial score (nSPS) is 16.0. The zero-order valence-electron chi connectivity index (χ0n) is 16.4. The maximum Gasteiger partial charge on any atom is 0.253 e. The van der Waals surface area contributed by atoms with Crippen LogP contribution >= 0.6 is 0 Å². The molecule has 3 heterocycles. The predicted octanol–water partition coefficient (Wildman–Crippen LogP) is 3.06. The zero-order valence-corrected chi connectivity index (χ0v) is 16.4. The topological polar surface area (TPSA) is 80.3 Å². The predicted molar refractivity (Wildman–Crippen MR) is 108 cm³/mol. The van der Waals surface area contributed by atoms with Gasteiger partial charge < -0.3 is 14.4 Å². The van der Waals surface area contributed by atoms with Crippen LogP contribution in [0.4, 0.5) is 0 Å². The Morgan fingerprint density at radius 2 is 2.00 bits per heavy atom. The Balaban J connectivity index is 1.31. The van der Waals surface area contributed by atoms with E-state index in [1.54, 1.807) is 31.6 Å². The average Bonchev–Trinajstić information content (AvgIpc) is 3.44. The number of nitrogens with zero attached hydrogens (tertiary/aromatic N) is 3. The lowest BCUT2D eigenvalue weighted by Crippen LogP contribution is -2.28. The van der Waals surface area contributed by atoms with E-state index in [0.29, 0.717) is 18.7 Å². The second-order valence-electron chi connectivity index (χ2n) is 7.04. The number of carbonyl (C=O) groups is 1. The minimum absolute atomic E-state index is 0.0517. The highest BCUT2D eigenvalue weighted by Gasteiger charge is 2.29. The highest BCUT2D eigenvalue weighted by Crippen LogP contribution is 2.28. The summed E-state index contributed by atoms with van der Waals surface area (Å²) in [6.45, 7) is 1.95. The molecule has 1 aliphatic rings. The SMILES string of the molecule is COc1ccccc1OCCc1cc([C@@H]2CCN(C(=O)c3ccncc3)C2)n[nH]1. The molecule has 7 heteroatoms. The number of nitrogens with one attached hydrogen (secondary N) is 1. The molecule has 0 spiro atoms. The Morgan fingerprint density at radius 1 is 1.21 bits per heavy atom. The number of likely N-dealkylation sites (tertiary alicyclic amines) is 1. The molecule has 29 heavy (non-hydrogen) atoms. The first-order valence-electron chi connectivity index (χ1n) is 9.74. The van der Waals surface area contributed by atoms with Gasteiger partial charge in [-0.25, -0.2) is 0 Å². The van der Waals surface area contributed by atoms with Crippen molar-refractivity contribution in [2.75, 3.05) is 26.8 Å². The summed E-state index contributed by atoms with van der Waals surface area (Å²) in [5, 5.41) is 7.57. The van der Waals surface area contributed by atoms with Crippen molar-refractivity contribution < 1.29 is 14.3 Å². The second kappa shape index (κ2) is 8.77. The summed E-state index contributed by atoms with van der Waals surface area (Å²) >= 11 is 0. The molecular weight excluding hydrogens is 368 g/mol. The van der Waals surface area contributed by atoms with Gasteiger partial charge in [0.05, 0.1) is 19.4 Å². The van der Waals surface area contributed by atoms with Crippen molar-refractivity contribution >= 4 is 5.91 Å². The average molecular weight is 392 g/mol. The van der Waals surface area contributed by atoms with Gasteiger partial charge in [0.2, 0.25) is 0 Å². The molecule has 150 valence electrons. The molecule has 0 unspecified atom stereocenters. The number of hydrogen-bond acceptors (Lipinski definition) is 5. The van der Waals surface area contributed by atoms with Crippen LogP contribution in [-0.4, -0.2) is 52.8 Å². The van der Waals surface area contributed by atoms with Gasteiger partial charge in [0.25, 0.3) is 5.91 Å². The second-order valence-corrected chi connectivity index (χ2v) is 7.04. The number of para-hydroxylation sites is 2. The first-order valence-corrected chi connectivity index (χ1v) is 9.74. The van der Waals surface area contributed by atoms with Crippen LogP contribution in [0, 0.1) is 0 Å². The van der Waals surface area contributed by atoms with Gasteiger partial charge in [-0.2, -0.15) is 5.10 Å². The molecule has 1 aromatic carbocycles. The molecule has 0 aliphatic carbocycles. The molecule has 1 fully saturated rings. The smallest absolute Gasteiger partial charge is 0.253 e. The number of carbonyl (C=O) groups excluding carboxylic acids is 1. The molecule has 0 saturated carbocycles. The summed E-state index contributed by atoms with van der Waals surface area (Å²) < 4.78 is 11.1. The van der Waals surface area contributed by atoms with Crippen LogP contribution in [-0.2, 0) is 6.42 Å². The van der Waals surface area contributed by atoms with E-state index < -0.39 is 0 Å². The van der Waals surface area contributed by atoms with E-state index >= 15 is 0 Å². The number of ether oxygens (including phenoxy) is 2. The molecule has 4 rings (SSSR count). The first kappa shape index (κ1) is 19.0. The van der Waals surface area contributed by atoms with Crippen LogP contribution in [0.3, 0.4) is 0 Å². The first-order chi connectivity index (χ1) is 14.2. The van der Waals surface area contributed by atoms with E-state index in [1.165, 1.54) is 0 Å². The molecule has 1 N–H and O–H groups in total. The largest absolute Gasteiger partial charge is 0.493 e. The number of aromatic nitrogens is 3. The van der Waals surface area contributed by atoms with Crippen molar-refractivity contribution in [1.29, 1.82) is 0 Å². The summed E-state index contributed by atoms with van der Waals surface area (Å²) in [6, 6.07) is 13.2. The third kappa shape index (κ3) is 4.39. The molecule has 1 amide bonds. The molecule has 1 saturated heterocycles. The number of hydrogen-bond donors (Lipinski definition) is 1. The van der Waals surface area contributed by atoms with E-state index in [2.05, 4.69) is 21.2 Å². The van der Waals surface area contributed by atoms with E-state index in [1.807, 2.05) is 29.2 Å². The third-order valence-corrected chi connectivity index (χ3v) is 5.17. The summed E-state index contributed by atoms with van der Waals surface area (Å²) in [6.07, 6.45) is 4.93. The van der Waals surface area contributed by atoms with E-state index in [0.717, 1.165) is 42.3 Å². The lowest BCUT2D eigenvalue weighted by Gasteiger charge is -2.15. The molecule has 2 aromatic heterocycles. The monoisotopic (exact) mass is 392 g/mol. The Labute approximate surface area is 169 Å². The number of H-pyrrole nitrogens is 1. The van der Waals surface area contributed by atoms with Gasteiger partial charge in [-0.1, -0.05) is 12.1 Å². The molecule has 3 aromatic rings. The Bertz CT molecular complexity index is 957. The van der Waals surface area contributed by atoms with Crippen LogP contribution < -0.4 is 9.47 Å². The van der Waals surface area contributed by atoms with Gasteiger partial charge in [0, 0.05) is 49.1 Å². The quantitative estimate of drug-likeness (QED) is 0.668. The number of amides is 1. The van der Waals surface area contributed by atoms with Crippen LogP contribution in [0.2, 0.25) is 0 Å². The molecule has 1 aliphatic heterocycles. The maximum atomic E-state index is 12.6. The Hall–Kier alpha value is -3.35. The fraction of sp³-hybridized carbons (Fsp3) is 0.318. The van der Waals surface area contributed by atoms with Crippen LogP contribution in [0.25, 0.3) is 0 Å². The minimum atomic E-state index is 0.0517. The minimum Gasteiger partial charge on any atom is -0.493 e. The third-order valence-electron chi connectivity index (χ3n) is 5.17. The van der Waals surface area contributed by atoms with Crippen molar-refractivity contribution in [2.24, 2.45) is 0 Å². The van der Waals surface area contributed by atoms with Crippen molar-refractivity contribution in [3.63, 3.8) is 0 Å². The van der Waals surface area contributed by atoms with E-state index in [-0.39, 0.29) is 11.8 Å². The van der Waals surface area contributed by atoms with Gasteiger partial charge in [-0.05, 0) is 36.8 Å². The van der Waals surface area contributed by atoms with Crippen LogP contribution in [0.15, 0.2) is 54.9 Å². The molecule has 7 nitrogen and oxygen atoms in total. The highest BCUT2D eigenvalue weighted by atomic mass is 16.5. The summed E-state index contributed by atoms with van der Waals surface area (Å²) in [5.74, 6) is 1.76. The Kier molecular flexibility index (Phi) is 5.74. The molecule has 0 radical (unpaired) electrons. The Morgan fingerprint density at radius 3 is 2.79 bits per heavy atom. The summed E-state index contributed by atoms with van der Waals surface area (Å²) in [7, 11) is 1.63. The molecule has 1 atom stereocenters. The van der Waals surface area contributed by atoms with Crippen molar-refractivity contribution in [1.82, 2.24) is 20.1 Å². The summed E-state index contributed by atoms with van der Waals surface area (Å²) in [5.41, 5.74) is 2.70. The lowest BCUT2D eigenvalue weighted by molar-refractivity contribution is 0.0790. The number of pyridine rings is 1. The van der Waals surface area contributed by atoms with Gasteiger partial charge >= 0.3 is 0 Å². The lowest BCUT2D eigenvalue weighted by atomic mass is 10.0. The molecular formula is C22H24N4O3. The highest BCUT2D eigenvalue weighted by molar-refractivity contribution is 5.94. The van der Waals surface area contributed by atoms with E-state index in [4.69, 9.17) is 9.47 Å². The van der Waals surface area contributed by atoms with Crippen molar-refractivity contribution in [2.45, 2.75) is 18.8 Å². The molecule has 0 bridgehead atoms. The van der Waals surface area contributed by atoms with E-state index in [9.17, 15) is 4.79 Å². The number of methoxy groups -OCH3 is 1. The summed E-state index contributed by atoms with van der Waals surface area (Å²) in [4.78, 5) is 18.5. The van der Waals surface area contributed by atoms with Gasteiger partial charge in [-0.3, -0.25) is 14.9 Å². The zero-order chi connectivity index (χ0) is 20.1. The van der Waals surface area contributed by atoms with Crippen molar-refractivity contribution in [3.05, 3.63) is 71.8 Å². The van der Waals surface area contributed by atoms with Gasteiger partial charge in [-0.15, -0.1) is 0 Å². The van der Waals surface area contributed by atoms with Crippen molar-refractivity contribution in [3.8, 4) is 11.5 Å². The number of rotatable bonds is 7. The standard InChI is InChI=1S/C22H24N4O3/c1-28-20-4-2-3-5-21(20)29-13-9-18-14-19(25-24-18)17-8-12-26(15-17)22(27)16-6-10-23-11-7-16/h2-7,10-11,14,17H,8-9,12-13,15H2,1H3,(H,24,25)/t17-/m1/s1. The fourth-order valence-corrected chi connectivity index (χ4v) is 3.59. The number of aromatic amines is 1. The van der Waals surface area contributed by atoms with Gasteiger partial charge in [0.1, 0.15) is 0 Å².